The van der Waals surface area contributed by atoms with Gasteiger partial charge in [-0.25, -0.2) is 0 Å². The molecule has 1 aliphatic rings. The maximum absolute atomic E-state index is 11.9. The Hall–Kier alpha value is -3.14. The van der Waals surface area contributed by atoms with Gasteiger partial charge in [-0.05, 0) is 62.2 Å². The molecule has 31 heavy (non-hydrogen) atoms. The third-order valence-corrected chi connectivity index (χ3v) is 5.53. The number of hydrogen-bond donors (Lipinski definition) is 4. The fraction of sp³-hybridized carbons (Fsp3) is 0.381. The number of benzene rings is 1. The van der Waals surface area contributed by atoms with Crippen molar-refractivity contribution >= 4 is 41.1 Å². The number of carbonyl (C=O) groups excluding carboxylic acids is 1. The van der Waals surface area contributed by atoms with Gasteiger partial charge in [0.15, 0.2) is 11.0 Å². The highest BCUT2D eigenvalue weighted by molar-refractivity contribution is 7.99. The van der Waals surface area contributed by atoms with Crippen LogP contribution in [-0.2, 0) is 4.79 Å². The monoisotopic (exact) mass is 438 g/mol. The van der Waals surface area contributed by atoms with E-state index in [1.54, 1.807) is 0 Å². The molecule has 1 aliphatic carbocycles. The zero-order chi connectivity index (χ0) is 21.6. The summed E-state index contributed by atoms with van der Waals surface area (Å²) in [6, 6.07) is 9.58. The molecule has 0 atom stereocenters. The summed E-state index contributed by atoms with van der Waals surface area (Å²) in [5, 5.41) is 17.0. The Labute approximate surface area is 185 Å². The number of nitrogens with one attached hydrogen (secondary N) is 4. The molecule has 0 radical (unpaired) electrons. The van der Waals surface area contributed by atoms with Gasteiger partial charge in [-0.15, -0.1) is 0 Å². The fourth-order valence-electron chi connectivity index (χ4n) is 2.81. The smallest absolute Gasteiger partial charge is 0.234 e. The summed E-state index contributed by atoms with van der Waals surface area (Å²) in [6.07, 6.45) is 4.09. The highest BCUT2D eigenvalue weighted by atomic mass is 32.2. The van der Waals surface area contributed by atoms with Gasteiger partial charge in [-0.3, -0.25) is 9.89 Å². The molecule has 1 saturated carbocycles. The molecule has 0 saturated heterocycles. The second-order valence-electron chi connectivity index (χ2n) is 7.50. The Bertz CT molecular complexity index is 1030. The molecule has 0 unspecified atom stereocenters. The second kappa shape index (κ2) is 9.78. The largest absolute Gasteiger partial charge is 0.354 e. The summed E-state index contributed by atoms with van der Waals surface area (Å²) in [4.78, 5) is 26.4. The van der Waals surface area contributed by atoms with Crippen LogP contribution >= 0.6 is 11.8 Å². The maximum atomic E-state index is 11.9. The molecule has 2 heterocycles. The lowest BCUT2D eigenvalue weighted by Crippen LogP contribution is -2.12. The highest BCUT2D eigenvalue weighted by Crippen LogP contribution is 2.31. The number of carbonyl (C=O) groups is 1. The summed E-state index contributed by atoms with van der Waals surface area (Å²) in [7, 11) is 0. The minimum absolute atomic E-state index is 0.102. The molecule has 4 rings (SSSR count). The molecular formula is C21H26N8OS. The summed E-state index contributed by atoms with van der Waals surface area (Å²) < 4.78 is 0. The van der Waals surface area contributed by atoms with Crippen molar-refractivity contribution in [2.75, 3.05) is 22.5 Å². The van der Waals surface area contributed by atoms with Crippen LogP contribution < -0.4 is 16.0 Å². The molecule has 1 amide bonds. The third-order valence-electron chi connectivity index (χ3n) is 4.65. The average Bonchev–Trinajstić information content (AvgIpc) is 3.52. The van der Waals surface area contributed by atoms with Crippen LogP contribution in [0.5, 0.6) is 0 Å². The van der Waals surface area contributed by atoms with Crippen molar-refractivity contribution in [2.24, 2.45) is 5.92 Å². The summed E-state index contributed by atoms with van der Waals surface area (Å²) in [6.45, 7) is 4.86. The van der Waals surface area contributed by atoms with Crippen molar-refractivity contribution in [3.63, 3.8) is 0 Å². The topological polar surface area (TPSA) is 121 Å². The SMILES string of the molecule is CCCCNc1nc(Nc2cc(C)[nH]n2)nc(Sc2ccc(NC(=O)C3CC3)cc2)n1. The van der Waals surface area contributed by atoms with E-state index in [0.717, 1.165) is 48.5 Å². The first-order valence-corrected chi connectivity index (χ1v) is 11.3. The quantitative estimate of drug-likeness (QED) is 0.345. The van der Waals surface area contributed by atoms with E-state index < -0.39 is 0 Å². The second-order valence-corrected chi connectivity index (χ2v) is 8.54. The molecule has 1 fully saturated rings. The summed E-state index contributed by atoms with van der Waals surface area (Å²) in [5.41, 5.74) is 1.75. The molecule has 2 aromatic heterocycles. The highest BCUT2D eigenvalue weighted by Gasteiger charge is 2.29. The van der Waals surface area contributed by atoms with Gasteiger partial charge in [-0.2, -0.15) is 20.1 Å². The minimum atomic E-state index is 0.102. The van der Waals surface area contributed by atoms with Gasteiger partial charge in [0.25, 0.3) is 0 Å². The zero-order valence-corrected chi connectivity index (χ0v) is 18.4. The van der Waals surface area contributed by atoms with Crippen LogP contribution in [0.4, 0.5) is 23.4 Å². The maximum Gasteiger partial charge on any atom is 0.234 e. The van der Waals surface area contributed by atoms with Crippen LogP contribution in [0.15, 0.2) is 40.4 Å². The first-order chi connectivity index (χ1) is 15.1. The van der Waals surface area contributed by atoms with Gasteiger partial charge in [-0.1, -0.05) is 13.3 Å². The normalized spacial score (nSPS) is 13.1. The van der Waals surface area contributed by atoms with Crippen molar-refractivity contribution in [1.82, 2.24) is 25.1 Å². The zero-order valence-electron chi connectivity index (χ0n) is 17.6. The Morgan fingerprint density at radius 1 is 1.16 bits per heavy atom. The lowest BCUT2D eigenvalue weighted by atomic mass is 10.3. The number of nitrogens with zero attached hydrogens (tertiary/aromatic N) is 4. The van der Waals surface area contributed by atoms with Gasteiger partial charge in [0.2, 0.25) is 17.8 Å². The molecule has 9 nitrogen and oxygen atoms in total. The molecule has 0 bridgehead atoms. The van der Waals surface area contributed by atoms with Crippen LogP contribution in [0.1, 0.15) is 38.3 Å². The van der Waals surface area contributed by atoms with E-state index in [1.807, 2.05) is 37.3 Å². The number of anilines is 4. The number of hydrogen-bond acceptors (Lipinski definition) is 8. The third kappa shape index (κ3) is 6.17. The number of amides is 1. The van der Waals surface area contributed by atoms with E-state index in [1.165, 1.54) is 11.8 Å². The number of H-pyrrole nitrogens is 1. The van der Waals surface area contributed by atoms with Crippen LogP contribution in [0.3, 0.4) is 0 Å². The summed E-state index contributed by atoms with van der Waals surface area (Å²) in [5.74, 6) is 1.88. The van der Waals surface area contributed by atoms with Crippen LogP contribution in [0, 0.1) is 12.8 Å². The predicted molar refractivity (Wildman–Crippen MR) is 122 cm³/mol. The molecule has 0 aliphatic heterocycles. The van der Waals surface area contributed by atoms with E-state index in [-0.39, 0.29) is 11.8 Å². The number of rotatable bonds is 10. The van der Waals surface area contributed by atoms with E-state index in [4.69, 9.17) is 0 Å². The van der Waals surface area contributed by atoms with Crippen LogP contribution in [-0.4, -0.2) is 37.6 Å². The van der Waals surface area contributed by atoms with Crippen molar-refractivity contribution in [3.8, 4) is 0 Å². The van der Waals surface area contributed by atoms with E-state index in [2.05, 4.69) is 48.0 Å². The minimum Gasteiger partial charge on any atom is -0.354 e. The van der Waals surface area contributed by atoms with Crippen molar-refractivity contribution in [3.05, 3.63) is 36.0 Å². The van der Waals surface area contributed by atoms with Crippen LogP contribution in [0.25, 0.3) is 0 Å². The Morgan fingerprint density at radius 2 is 1.94 bits per heavy atom. The Balaban J connectivity index is 1.47. The van der Waals surface area contributed by atoms with Gasteiger partial charge in [0, 0.05) is 34.8 Å². The Morgan fingerprint density at radius 3 is 2.61 bits per heavy atom. The van der Waals surface area contributed by atoms with Crippen molar-refractivity contribution in [1.29, 1.82) is 0 Å². The van der Waals surface area contributed by atoms with E-state index in [0.29, 0.717) is 22.9 Å². The van der Waals surface area contributed by atoms with E-state index in [9.17, 15) is 4.79 Å². The van der Waals surface area contributed by atoms with Crippen molar-refractivity contribution in [2.45, 2.75) is 49.6 Å². The molecule has 1 aromatic carbocycles. The molecule has 4 N–H and O–H groups in total. The molecule has 3 aromatic rings. The number of aryl methyl sites for hydroxylation is 1. The number of aromatic amines is 1. The predicted octanol–water partition coefficient (Wildman–Crippen LogP) is 4.36. The standard InChI is InChI=1S/C21H26N8OS/c1-3-4-11-22-19-25-20(24-17-12-13(2)28-29-17)27-21(26-19)31-16-9-7-15(8-10-16)23-18(30)14-5-6-14/h7-10,12,14H,3-6,11H2,1-2H3,(H,23,30)(H3,22,24,25,26,27,28,29). The summed E-state index contributed by atoms with van der Waals surface area (Å²) >= 11 is 1.43. The van der Waals surface area contributed by atoms with Gasteiger partial charge in [0.1, 0.15) is 0 Å². The molecule has 10 heteroatoms. The number of unbranched alkanes of at least 4 members (excludes halogenated alkanes) is 1. The molecule has 162 valence electrons. The van der Waals surface area contributed by atoms with Crippen molar-refractivity contribution < 1.29 is 4.79 Å². The fourth-order valence-corrected chi connectivity index (χ4v) is 3.56. The van der Waals surface area contributed by atoms with E-state index >= 15 is 0 Å². The first kappa shape index (κ1) is 21.1. The Kier molecular flexibility index (Phi) is 6.66. The van der Waals surface area contributed by atoms with Gasteiger partial charge < -0.3 is 16.0 Å². The lowest BCUT2D eigenvalue weighted by Gasteiger charge is -2.09. The average molecular weight is 439 g/mol. The van der Waals surface area contributed by atoms with Gasteiger partial charge >= 0.3 is 0 Å². The number of aromatic nitrogens is 5. The molecule has 0 spiro atoms. The van der Waals surface area contributed by atoms with Crippen LogP contribution in [0.2, 0.25) is 0 Å². The lowest BCUT2D eigenvalue weighted by molar-refractivity contribution is -0.117. The first-order valence-electron chi connectivity index (χ1n) is 10.5. The molecular weight excluding hydrogens is 412 g/mol. The van der Waals surface area contributed by atoms with Gasteiger partial charge in [0.05, 0.1) is 0 Å².